The Morgan fingerprint density at radius 2 is 1.47 bits per heavy atom. The van der Waals surface area contributed by atoms with Crippen LogP contribution in [0.5, 0.6) is 0 Å². The normalized spacial score (nSPS) is 15.0. The molecule has 1 N–H and O–H groups in total. The average molecular weight is 446 g/mol. The number of thioether (sulfide) groups is 1. The predicted molar refractivity (Wildman–Crippen MR) is 128 cm³/mol. The first-order chi connectivity index (χ1) is 13.6. The largest absolute Gasteiger partial charge is 0.375 e. The maximum Gasteiger partial charge on any atom is 0.222 e. The number of nitrogens with one attached hydrogen (secondary N) is 1. The van der Waals surface area contributed by atoms with Gasteiger partial charge in [0.25, 0.3) is 0 Å². The first kappa shape index (κ1) is 29.4. The van der Waals surface area contributed by atoms with E-state index in [0.29, 0.717) is 30.3 Å². The molecule has 2 atom stereocenters. The quantitative estimate of drug-likeness (QED) is 0.373. The van der Waals surface area contributed by atoms with Gasteiger partial charge in [-0.25, -0.2) is 0 Å². The lowest BCUT2D eigenvalue weighted by molar-refractivity contribution is -0.128. The van der Waals surface area contributed by atoms with Crippen LogP contribution in [0, 0.1) is 11.3 Å². The Bertz CT molecular complexity index is 526. The van der Waals surface area contributed by atoms with Crippen molar-refractivity contribution in [1.82, 2.24) is 5.32 Å². The van der Waals surface area contributed by atoms with Gasteiger partial charge in [0, 0.05) is 5.75 Å². The number of rotatable bonds is 15. The molecule has 0 bridgehead atoms. The third-order valence-corrected chi connectivity index (χ3v) is 6.50. The highest BCUT2D eigenvalue weighted by molar-refractivity contribution is 7.98. The van der Waals surface area contributed by atoms with E-state index in [9.17, 15) is 9.59 Å². The smallest absolute Gasteiger partial charge is 0.222 e. The van der Waals surface area contributed by atoms with Gasteiger partial charge < -0.3 is 14.8 Å². The van der Waals surface area contributed by atoms with E-state index in [1.165, 1.54) is 6.92 Å². The SMILES string of the molecule is CSCC(NC(=O)CCOC(C)(C)CCOC(C)(C)CCC(C)C(C)(C)C)C(C)=O. The Kier molecular flexibility index (Phi) is 12.8. The second kappa shape index (κ2) is 13.1. The summed E-state index contributed by atoms with van der Waals surface area (Å²) < 4.78 is 12.1. The van der Waals surface area contributed by atoms with E-state index in [0.717, 1.165) is 19.3 Å². The maximum absolute atomic E-state index is 12.1. The van der Waals surface area contributed by atoms with Crippen LogP contribution in [0.25, 0.3) is 0 Å². The standard InChI is InChI=1S/C24H47NO4S/c1-18(22(3,4)5)11-13-23(6,7)29-16-14-24(8,9)28-15-12-21(27)25-20(17-30-10)19(2)26/h18,20H,11-17H2,1-10H3,(H,25,27). The molecular weight excluding hydrogens is 398 g/mol. The van der Waals surface area contributed by atoms with E-state index in [2.05, 4.69) is 46.9 Å². The Hall–Kier alpha value is -0.590. The summed E-state index contributed by atoms with van der Waals surface area (Å²) in [6, 6.07) is -0.419. The molecule has 0 rings (SSSR count). The van der Waals surface area contributed by atoms with Crippen LogP contribution >= 0.6 is 11.8 Å². The van der Waals surface area contributed by atoms with E-state index in [4.69, 9.17) is 9.47 Å². The molecule has 0 aromatic heterocycles. The monoisotopic (exact) mass is 445 g/mol. The minimum atomic E-state index is -0.419. The van der Waals surface area contributed by atoms with Crippen LogP contribution in [0.1, 0.15) is 88.0 Å². The van der Waals surface area contributed by atoms with Gasteiger partial charge in [-0.05, 0) is 71.5 Å². The van der Waals surface area contributed by atoms with E-state index in [1.807, 2.05) is 20.1 Å². The third kappa shape index (κ3) is 13.7. The molecule has 0 aromatic carbocycles. The van der Waals surface area contributed by atoms with Crippen molar-refractivity contribution in [3.63, 3.8) is 0 Å². The number of hydrogen-bond donors (Lipinski definition) is 1. The van der Waals surface area contributed by atoms with Gasteiger partial charge in [0.1, 0.15) is 0 Å². The van der Waals surface area contributed by atoms with Crippen molar-refractivity contribution >= 4 is 23.5 Å². The number of ketones is 1. The zero-order valence-corrected chi connectivity index (χ0v) is 22.0. The summed E-state index contributed by atoms with van der Waals surface area (Å²) in [5, 5.41) is 2.79. The lowest BCUT2D eigenvalue weighted by atomic mass is 9.78. The summed E-state index contributed by atoms with van der Waals surface area (Å²) in [5.74, 6) is 1.07. The molecule has 30 heavy (non-hydrogen) atoms. The highest BCUT2D eigenvalue weighted by atomic mass is 32.2. The van der Waals surface area contributed by atoms with Gasteiger partial charge in [0.05, 0.1) is 36.9 Å². The Labute approximate surface area is 189 Å². The molecule has 178 valence electrons. The van der Waals surface area contributed by atoms with E-state index in [-0.39, 0.29) is 29.3 Å². The molecule has 2 unspecified atom stereocenters. The third-order valence-electron chi connectivity index (χ3n) is 5.84. The second-order valence-electron chi connectivity index (χ2n) is 10.7. The highest BCUT2D eigenvalue weighted by Gasteiger charge is 2.26. The fraction of sp³-hybridized carbons (Fsp3) is 0.917. The highest BCUT2D eigenvalue weighted by Crippen LogP contribution is 2.32. The lowest BCUT2D eigenvalue weighted by Crippen LogP contribution is -2.42. The summed E-state index contributed by atoms with van der Waals surface area (Å²) in [6.45, 7) is 20.0. The van der Waals surface area contributed by atoms with Crippen molar-refractivity contribution in [3.05, 3.63) is 0 Å². The second-order valence-corrected chi connectivity index (χ2v) is 11.6. The van der Waals surface area contributed by atoms with E-state index >= 15 is 0 Å². The topological polar surface area (TPSA) is 64.6 Å². The molecule has 0 aliphatic rings. The van der Waals surface area contributed by atoms with Gasteiger partial charge >= 0.3 is 0 Å². The molecule has 5 nitrogen and oxygen atoms in total. The summed E-state index contributed by atoms with van der Waals surface area (Å²) in [7, 11) is 0. The van der Waals surface area contributed by atoms with Crippen LogP contribution < -0.4 is 5.32 Å². The molecule has 0 aliphatic carbocycles. The zero-order chi connectivity index (χ0) is 23.6. The van der Waals surface area contributed by atoms with Crippen molar-refractivity contribution in [3.8, 4) is 0 Å². The number of amides is 1. The van der Waals surface area contributed by atoms with E-state index in [1.54, 1.807) is 11.8 Å². The molecule has 0 spiro atoms. The predicted octanol–water partition coefficient (Wildman–Crippen LogP) is 5.26. The number of carbonyl (C=O) groups excluding carboxylic acids is 2. The van der Waals surface area contributed by atoms with Crippen molar-refractivity contribution < 1.29 is 19.1 Å². The van der Waals surface area contributed by atoms with Crippen molar-refractivity contribution in [1.29, 1.82) is 0 Å². The average Bonchev–Trinajstić information content (AvgIpc) is 2.57. The molecule has 0 fully saturated rings. The molecule has 0 saturated heterocycles. The summed E-state index contributed by atoms with van der Waals surface area (Å²) in [5.41, 5.74) is -0.208. The van der Waals surface area contributed by atoms with Crippen LogP contribution in [-0.2, 0) is 19.1 Å². The minimum Gasteiger partial charge on any atom is -0.375 e. The maximum atomic E-state index is 12.1. The molecule has 0 saturated carbocycles. The summed E-state index contributed by atoms with van der Waals surface area (Å²) in [6.07, 6.45) is 5.10. The molecule has 0 aromatic rings. The van der Waals surface area contributed by atoms with Crippen molar-refractivity contribution in [2.45, 2.75) is 105 Å². The van der Waals surface area contributed by atoms with Gasteiger partial charge in [-0.1, -0.05) is 27.7 Å². The van der Waals surface area contributed by atoms with Crippen LogP contribution in [0.4, 0.5) is 0 Å². The fourth-order valence-corrected chi connectivity index (χ4v) is 3.48. The van der Waals surface area contributed by atoms with Crippen LogP contribution in [0.2, 0.25) is 0 Å². The Balaban J connectivity index is 4.25. The summed E-state index contributed by atoms with van der Waals surface area (Å²) in [4.78, 5) is 23.6. The summed E-state index contributed by atoms with van der Waals surface area (Å²) >= 11 is 1.54. The molecule has 1 amide bonds. The van der Waals surface area contributed by atoms with Crippen LogP contribution in [-0.4, -0.2) is 54.2 Å². The van der Waals surface area contributed by atoms with E-state index < -0.39 is 6.04 Å². The number of hydrogen-bond acceptors (Lipinski definition) is 5. The molecular formula is C24H47NO4S. The van der Waals surface area contributed by atoms with Crippen molar-refractivity contribution in [2.75, 3.05) is 25.2 Å². The van der Waals surface area contributed by atoms with Gasteiger partial charge in [0.15, 0.2) is 5.78 Å². The first-order valence-electron chi connectivity index (χ1n) is 11.2. The molecule has 0 radical (unpaired) electrons. The van der Waals surface area contributed by atoms with Gasteiger partial charge in [-0.15, -0.1) is 0 Å². The lowest BCUT2D eigenvalue weighted by Gasteiger charge is -2.33. The van der Waals surface area contributed by atoms with Gasteiger partial charge in [-0.3, -0.25) is 9.59 Å². The fourth-order valence-electron chi connectivity index (χ4n) is 2.83. The zero-order valence-electron chi connectivity index (χ0n) is 21.1. The van der Waals surface area contributed by atoms with Crippen LogP contribution in [0.3, 0.4) is 0 Å². The first-order valence-corrected chi connectivity index (χ1v) is 12.6. The van der Waals surface area contributed by atoms with Gasteiger partial charge in [0.2, 0.25) is 5.91 Å². The Morgan fingerprint density at radius 1 is 0.933 bits per heavy atom. The van der Waals surface area contributed by atoms with Crippen molar-refractivity contribution in [2.24, 2.45) is 11.3 Å². The van der Waals surface area contributed by atoms with Crippen LogP contribution in [0.15, 0.2) is 0 Å². The number of carbonyl (C=O) groups is 2. The molecule has 6 heteroatoms. The molecule has 0 aliphatic heterocycles. The Morgan fingerprint density at radius 3 is 1.97 bits per heavy atom. The minimum absolute atomic E-state index is 0.0180. The number of Topliss-reactive ketones (excluding diaryl/α,β-unsaturated/α-hetero) is 1. The number of ether oxygens (including phenoxy) is 2. The van der Waals surface area contributed by atoms with Gasteiger partial charge in [-0.2, -0.15) is 11.8 Å². The molecule has 0 heterocycles.